The number of carbonyl (C=O) groups is 1. The maximum atomic E-state index is 12.2. The molecule has 0 saturated carbocycles. The first-order chi connectivity index (χ1) is 11.2. The number of carbonyl (C=O) groups excluding carboxylic acids is 1. The summed E-state index contributed by atoms with van der Waals surface area (Å²) >= 11 is 5.66. The lowest BCUT2D eigenvalue weighted by molar-refractivity contribution is 0.0754. The summed E-state index contributed by atoms with van der Waals surface area (Å²) in [6.45, 7) is 1.05. The van der Waals surface area contributed by atoms with Gasteiger partial charge in [-0.2, -0.15) is 0 Å². The van der Waals surface area contributed by atoms with E-state index in [9.17, 15) is 4.79 Å². The molecule has 5 nitrogen and oxygen atoms in total. The van der Waals surface area contributed by atoms with Gasteiger partial charge in [0.25, 0.3) is 5.91 Å². The molecule has 2 aromatic rings. The zero-order valence-electron chi connectivity index (χ0n) is 13.3. The minimum Gasteiger partial charge on any atom is -0.493 e. The summed E-state index contributed by atoms with van der Waals surface area (Å²) < 4.78 is 16.3. The fraction of sp³-hybridized carbons (Fsp3) is 0.353. The van der Waals surface area contributed by atoms with Crippen LogP contribution in [-0.4, -0.2) is 38.1 Å². The maximum Gasteiger partial charge on any atom is 0.289 e. The molecule has 1 aromatic heterocycles. The largest absolute Gasteiger partial charge is 0.493 e. The first kappa shape index (κ1) is 17.2. The summed E-state index contributed by atoms with van der Waals surface area (Å²) in [5.41, 5.74) is 0. The van der Waals surface area contributed by atoms with Gasteiger partial charge in [0.1, 0.15) is 5.76 Å². The number of nitrogens with zero attached hydrogens (tertiary/aromatic N) is 1. The highest BCUT2D eigenvalue weighted by molar-refractivity contribution is 6.16. The van der Waals surface area contributed by atoms with Gasteiger partial charge >= 0.3 is 0 Å². The fourth-order valence-electron chi connectivity index (χ4n) is 2.08. The van der Waals surface area contributed by atoms with Gasteiger partial charge in [-0.1, -0.05) is 12.1 Å². The Balaban J connectivity index is 1.78. The lowest BCUT2D eigenvalue weighted by atomic mass is 10.3. The molecule has 1 aromatic carbocycles. The molecule has 0 saturated heterocycles. The van der Waals surface area contributed by atoms with Crippen molar-refractivity contribution < 1.29 is 18.7 Å². The highest BCUT2D eigenvalue weighted by Crippen LogP contribution is 2.25. The fourth-order valence-corrected chi connectivity index (χ4v) is 2.22. The van der Waals surface area contributed by atoms with Gasteiger partial charge in [-0.15, -0.1) is 11.6 Å². The van der Waals surface area contributed by atoms with Gasteiger partial charge in [-0.05, 0) is 30.7 Å². The van der Waals surface area contributed by atoms with E-state index < -0.39 is 0 Å². The Morgan fingerprint density at radius 1 is 1.22 bits per heavy atom. The van der Waals surface area contributed by atoms with Gasteiger partial charge in [0.2, 0.25) is 0 Å². The predicted molar refractivity (Wildman–Crippen MR) is 88.3 cm³/mol. The SMILES string of the molecule is COc1ccccc1OCCCN(C)C(=O)c1ccc(CCl)o1. The summed E-state index contributed by atoms with van der Waals surface area (Å²) in [7, 11) is 3.33. The van der Waals surface area contributed by atoms with Crippen LogP contribution in [0.3, 0.4) is 0 Å². The molecule has 0 N–H and O–H groups in total. The van der Waals surface area contributed by atoms with Crippen molar-refractivity contribution in [2.45, 2.75) is 12.3 Å². The number of amides is 1. The van der Waals surface area contributed by atoms with Crippen molar-refractivity contribution >= 4 is 17.5 Å². The Morgan fingerprint density at radius 2 is 1.96 bits per heavy atom. The molecular weight excluding hydrogens is 318 g/mol. The smallest absolute Gasteiger partial charge is 0.289 e. The lowest BCUT2D eigenvalue weighted by Crippen LogP contribution is -2.28. The Bertz CT molecular complexity index is 641. The second kappa shape index (κ2) is 8.48. The number of methoxy groups -OCH3 is 1. The van der Waals surface area contributed by atoms with E-state index in [1.807, 2.05) is 24.3 Å². The molecule has 1 heterocycles. The Morgan fingerprint density at radius 3 is 2.61 bits per heavy atom. The zero-order valence-corrected chi connectivity index (χ0v) is 14.0. The lowest BCUT2D eigenvalue weighted by Gasteiger charge is -2.16. The first-order valence-corrected chi connectivity index (χ1v) is 7.85. The maximum absolute atomic E-state index is 12.2. The summed E-state index contributed by atoms with van der Waals surface area (Å²) in [5, 5.41) is 0. The van der Waals surface area contributed by atoms with Crippen LogP contribution in [0.1, 0.15) is 22.7 Å². The van der Waals surface area contributed by atoms with Crippen molar-refractivity contribution in [3.63, 3.8) is 0 Å². The summed E-state index contributed by atoms with van der Waals surface area (Å²) in [6.07, 6.45) is 0.698. The molecule has 0 atom stereocenters. The van der Waals surface area contributed by atoms with Crippen molar-refractivity contribution in [3.05, 3.63) is 47.9 Å². The quantitative estimate of drug-likeness (QED) is 0.546. The van der Waals surface area contributed by atoms with Gasteiger partial charge in [0.05, 0.1) is 19.6 Å². The van der Waals surface area contributed by atoms with Crippen LogP contribution >= 0.6 is 11.6 Å². The van der Waals surface area contributed by atoms with E-state index in [1.54, 1.807) is 31.2 Å². The van der Waals surface area contributed by atoms with E-state index in [0.29, 0.717) is 42.6 Å². The van der Waals surface area contributed by atoms with Crippen molar-refractivity contribution in [1.29, 1.82) is 0 Å². The molecule has 0 radical (unpaired) electrons. The first-order valence-electron chi connectivity index (χ1n) is 7.31. The monoisotopic (exact) mass is 337 g/mol. The van der Waals surface area contributed by atoms with Crippen molar-refractivity contribution in [1.82, 2.24) is 4.90 Å². The minimum absolute atomic E-state index is 0.168. The molecule has 0 aliphatic rings. The molecule has 0 spiro atoms. The average molecular weight is 338 g/mol. The van der Waals surface area contributed by atoms with Crippen LogP contribution < -0.4 is 9.47 Å². The molecular formula is C17H20ClNO4. The Labute approximate surface area is 140 Å². The number of para-hydroxylation sites is 2. The van der Waals surface area contributed by atoms with Crippen molar-refractivity contribution in [3.8, 4) is 11.5 Å². The number of hydrogen-bond acceptors (Lipinski definition) is 4. The molecule has 0 aliphatic heterocycles. The third-order valence-corrected chi connectivity index (χ3v) is 3.58. The number of alkyl halides is 1. The standard InChI is InChI=1S/C17H20ClNO4/c1-19(17(20)16-9-8-13(12-18)23-16)10-5-11-22-15-7-4-3-6-14(15)21-2/h3-4,6-9H,5,10-12H2,1-2H3. The van der Waals surface area contributed by atoms with E-state index in [0.717, 1.165) is 0 Å². The summed E-state index contributed by atoms with van der Waals surface area (Å²) in [6, 6.07) is 10.8. The molecule has 124 valence electrons. The van der Waals surface area contributed by atoms with E-state index >= 15 is 0 Å². The molecule has 6 heteroatoms. The third-order valence-electron chi connectivity index (χ3n) is 3.32. The normalized spacial score (nSPS) is 10.4. The predicted octanol–water partition coefficient (Wildman–Crippen LogP) is 3.57. The van der Waals surface area contributed by atoms with Crippen molar-refractivity contribution in [2.24, 2.45) is 0 Å². The summed E-state index contributed by atoms with van der Waals surface area (Å²) in [4.78, 5) is 13.8. The number of benzene rings is 1. The number of furan rings is 1. The van der Waals surface area contributed by atoms with Gasteiger partial charge in [0, 0.05) is 13.6 Å². The van der Waals surface area contributed by atoms with Crippen LogP contribution in [0.25, 0.3) is 0 Å². The molecule has 1 amide bonds. The molecule has 2 rings (SSSR count). The van der Waals surface area contributed by atoms with Gasteiger partial charge in [-0.3, -0.25) is 4.79 Å². The zero-order chi connectivity index (χ0) is 16.7. The van der Waals surface area contributed by atoms with Gasteiger partial charge in [0.15, 0.2) is 17.3 Å². The van der Waals surface area contributed by atoms with Crippen molar-refractivity contribution in [2.75, 3.05) is 27.3 Å². The van der Waals surface area contributed by atoms with Crippen LogP contribution in [0.2, 0.25) is 0 Å². The second-order valence-electron chi connectivity index (χ2n) is 4.98. The second-order valence-corrected chi connectivity index (χ2v) is 5.25. The van der Waals surface area contributed by atoms with Gasteiger partial charge in [-0.25, -0.2) is 0 Å². The van der Waals surface area contributed by atoms with Gasteiger partial charge < -0.3 is 18.8 Å². The molecule has 0 fully saturated rings. The average Bonchev–Trinajstić information content (AvgIpc) is 3.07. The van der Waals surface area contributed by atoms with Crippen LogP contribution in [-0.2, 0) is 5.88 Å². The number of halogens is 1. The van der Waals surface area contributed by atoms with Crippen LogP contribution in [0.15, 0.2) is 40.8 Å². The van der Waals surface area contributed by atoms with Crippen LogP contribution in [0, 0.1) is 0 Å². The van der Waals surface area contributed by atoms with Crippen LogP contribution in [0.4, 0.5) is 0 Å². The molecule has 23 heavy (non-hydrogen) atoms. The van der Waals surface area contributed by atoms with Crippen LogP contribution in [0.5, 0.6) is 11.5 Å². The number of hydrogen-bond donors (Lipinski definition) is 0. The van der Waals surface area contributed by atoms with E-state index in [2.05, 4.69) is 0 Å². The molecule has 0 unspecified atom stereocenters. The topological polar surface area (TPSA) is 51.9 Å². The Hall–Kier alpha value is -2.14. The minimum atomic E-state index is -0.168. The van der Waals surface area contributed by atoms with E-state index in [4.69, 9.17) is 25.5 Å². The summed E-state index contributed by atoms with van der Waals surface area (Å²) in [5.74, 6) is 2.36. The van der Waals surface area contributed by atoms with E-state index in [-0.39, 0.29) is 11.8 Å². The highest BCUT2D eigenvalue weighted by atomic mass is 35.5. The van der Waals surface area contributed by atoms with E-state index in [1.165, 1.54) is 0 Å². The highest BCUT2D eigenvalue weighted by Gasteiger charge is 2.15. The Kier molecular flexibility index (Phi) is 6.35. The molecule has 0 bridgehead atoms. The number of rotatable bonds is 8. The molecule has 0 aliphatic carbocycles. The number of ether oxygens (including phenoxy) is 2. The third kappa shape index (κ3) is 4.66.